The number of aryl methyl sites for hydroxylation is 1. The molecule has 0 aliphatic heterocycles. The third-order valence-corrected chi connectivity index (χ3v) is 5.46. The number of ether oxygens (including phenoxy) is 1. The fraction of sp³-hybridized carbons (Fsp3) is 0.174. The smallest absolute Gasteiger partial charge is 0.234 e. The first-order valence-corrected chi connectivity index (χ1v) is 10.8. The predicted octanol–water partition coefficient (Wildman–Crippen LogP) is 4.97. The van der Waals surface area contributed by atoms with E-state index in [1.165, 1.54) is 11.8 Å². The molecule has 4 rings (SSSR count). The zero-order chi connectivity index (χ0) is 21.6. The van der Waals surface area contributed by atoms with Crippen LogP contribution in [0.4, 0.5) is 5.69 Å². The lowest BCUT2D eigenvalue weighted by molar-refractivity contribution is -0.113. The average Bonchev–Trinajstić information content (AvgIpc) is 3.44. The highest BCUT2D eigenvalue weighted by Crippen LogP contribution is 2.29. The number of hydrogen-bond acceptors (Lipinski definition) is 6. The van der Waals surface area contributed by atoms with E-state index < -0.39 is 0 Å². The first kappa shape index (κ1) is 20.7. The van der Waals surface area contributed by atoms with E-state index in [0.29, 0.717) is 23.3 Å². The topological polar surface area (TPSA) is 82.2 Å². The maximum absolute atomic E-state index is 12.5. The summed E-state index contributed by atoms with van der Waals surface area (Å²) in [6, 6.07) is 19.0. The van der Waals surface area contributed by atoms with Crippen LogP contribution >= 0.6 is 11.8 Å². The number of furan rings is 1. The summed E-state index contributed by atoms with van der Waals surface area (Å²) in [6.07, 6.45) is 1.59. The monoisotopic (exact) mass is 434 g/mol. The number of amides is 1. The molecule has 1 N–H and O–H groups in total. The normalized spacial score (nSPS) is 10.8. The molecule has 1 amide bonds. The zero-order valence-electron chi connectivity index (χ0n) is 17.2. The van der Waals surface area contributed by atoms with Gasteiger partial charge in [-0.3, -0.25) is 9.36 Å². The Kier molecular flexibility index (Phi) is 6.37. The van der Waals surface area contributed by atoms with E-state index >= 15 is 0 Å². The third-order valence-electron chi connectivity index (χ3n) is 4.53. The zero-order valence-corrected chi connectivity index (χ0v) is 18.1. The summed E-state index contributed by atoms with van der Waals surface area (Å²) in [7, 11) is 0. The minimum atomic E-state index is -0.111. The molecule has 0 atom stereocenters. The number of hydrogen-bond donors (Lipinski definition) is 1. The van der Waals surface area contributed by atoms with Gasteiger partial charge in [-0.25, -0.2) is 0 Å². The van der Waals surface area contributed by atoms with Crippen LogP contribution in [0.2, 0.25) is 0 Å². The Morgan fingerprint density at radius 2 is 1.90 bits per heavy atom. The molecular formula is C23H22N4O3S. The summed E-state index contributed by atoms with van der Waals surface area (Å²) < 4.78 is 13.0. The summed E-state index contributed by atoms with van der Waals surface area (Å²) in [5.74, 6) is 2.03. The maximum atomic E-state index is 12.5. The Balaban J connectivity index is 1.57. The lowest BCUT2D eigenvalue weighted by atomic mass is 10.2. The average molecular weight is 435 g/mol. The van der Waals surface area contributed by atoms with Crippen molar-refractivity contribution in [2.24, 2.45) is 0 Å². The van der Waals surface area contributed by atoms with Gasteiger partial charge < -0.3 is 14.5 Å². The predicted molar refractivity (Wildman–Crippen MR) is 121 cm³/mol. The van der Waals surface area contributed by atoms with Crippen LogP contribution < -0.4 is 10.1 Å². The molecule has 0 saturated heterocycles. The molecule has 2 aromatic heterocycles. The first-order chi connectivity index (χ1) is 15.2. The number of rotatable bonds is 8. The summed E-state index contributed by atoms with van der Waals surface area (Å²) >= 11 is 1.31. The number of thioether (sulfide) groups is 1. The van der Waals surface area contributed by atoms with E-state index in [4.69, 9.17) is 9.15 Å². The second kappa shape index (κ2) is 9.53. The summed E-state index contributed by atoms with van der Waals surface area (Å²) in [5, 5.41) is 12.2. The van der Waals surface area contributed by atoms with E-state index in [1.807, 2.05) is 73.0 Å². The van der Waals surface area contributed by atoms with Crippen molar-refractivity contribution in [3.8, 4) is 23.0 Å². The number of nitrogens with one attached hydrogen (secondary N) is 1. The quantitative estimate of drug-likeness (QED) is 0.395. The number of carbonyl (C=O) groups excluding carboxylic acids is 1. The van der Waals surface area contributed by atoms with Gasteiger partial charge in [0.25, 0.3) is 0 Å². The lowest BCUT2D eigenvalue weighted by Crippen LogP contribution is -2.15. The number of nitrogens with zero attached hydrogens (tertiary/aromatic N) is 3. The van der Waals surface area contributed by atoms with Crippen molar-refractivity contribution in [3.05, 3.63) is 72.5 Å². The Morgan fingerprint density at radius 1 is 1.10 bits per heavy atom. The standard InChI is InChI=1S/C23H22N4O3S/c1-3-29-18-12-10-17(11-13-18)27-22(20-9-6-14-30-20)25-26-23(27)31-15-21(28)24-19-8-5-4-7-16(19)2/h4-14H,3,15H2,1-2H3,(H,24,28). The Bertz CT molecular complexity index is 1150. The van der Waals surface area contributed by atoms with Crippen molar-refractivity contribution in [2.75, 3.05) is 17.7 Å². The Morgan fingerprint density at radius 3 is 2.61 bits per heavy atom. The van der Waals surface area contributed by atoms with Crippen LogP contribution in [0.1, 0.15) is 12.5 Å². The van der Waals surface area contributed by atoms with Crippen molar-refractivity contribution in [2.45, 2.75) is 19.0 Å². The third kappa shape index (κ3) is 4.80. The van der Waals surface area contributed by atoms with Crippen molar-refractivity contribution in [1.82, 2.24) is 14.8 Å². The summed E-state index contributed by atoms with van der Waals surface area (Å²) in [5.41, 5.74) is 2.66. The maximum Gasteiger partial charge on any atom is 0.234 e. The lowest BCUT2D eigenvalue weighted by Gasteiger charge is -2.11. The van der Waals surface area contributed by atoms with Gasteiger partial charge in [0.05, 0.1) is 24.3 Å². The van der Waals surface area contributed by atoms with Gasteiger partial charge in [-0.15, -0.1) is 10.2 Å². The van der Waals surface area contributed by atoms with Gasteiger partial charge in [-0.05, 0) is 61.9 Å². The molecule has 4 aromatic rings. The highest BCUT2D eigenvalue weighted by molar-refractivity contribution is 7.99. The first-order valence-electron chi connectivity index (χ1n) is 9.86. The fourth-order valence-electron chi connectivity index (χ4n) is 3.05. The van der Waals surface area contributed by atoms with Crippen LogP contribution in [0.3, 0.4) is 0 Å². The SMILES string of the molecule is CCOc1ccc(-n2c(SCC(=O)Nc3ccccc3C)nnc2-c2ccco2)cc1. The summed E-state index contributed by atoms with van der Waals surface area (Å²) in [6.45, 7) is 4.50. The number of para-hydroxylation sites is 1. The van der Waals surface area contributed by atoms with Gasteiger partial charge in [0.1, 0.15) is 5.75 Å². The number of anilines is 1. The van der Waals surface area contributed by atoms with Crippen molar-refractivity contribution in [3.63, 3.8) is 0 Å². The molecule has 2 aromatic carbocycles. The van der Waals surface area contributed by atoms with Gasteiger partial charge in [0.15, 0.2) is 10.9 Å². The van der Waals surface area contributed by atoms with Crippen LogP contribution in [0.5, 0.6) is 5.75 Å². The molecule has 0 fully saturated rings. The molecule has 0 bridgehead atoms. The molecule has 0 saturated carbocycles. The van der Waals surface area contributed by atoms with Gasteiger partial charge in [-0.1, -0.05) is 30.0 Å². The highest BCUT2D eigenvalue weighted by atomic mass is 32.2. The number of benzene rings is 2. The second-order valence-corrected chi connectivity index (χ2v) is 7.64. The fourth-order valence-corrected chi connectivity index (χ4v) is 3.80. The Labute approximate surface area is 184 Å². The number of aromatic nitrogens is 3. The van der Waals surface area contributed by atoms with Gasteiger partial charge in [-0.2, -0.15) is 0 Å². The Hall–Kier alpha value is -3.52. The van der Waals surface area contributed by atoms with Crippen LogP contribution in [0.15, 0.2) is 76.5 Å². The van der Waals surface area contributed by atoms with E-state index in [-0.39, 0.29) is 11.7 Å². The molecule has 0 unspecified atom stereocenters. The molecule has 0 aliphatic carbocycles. The molecule has 8 heteroatoms. The summed E-state index contributed by atoms with van der Waals surface area (Å²) in [4.78, 5) is 12.5. The molecule has 158 valence electrons. The van der Waals surface area contributed by atoms with Crippen molar-refractivity contribution >= 4 is 23.4 Å². The molecule has 31 heavy (non-hydrogen) atoms. The van der Waals surface area contributed by atoms with Gasteiger partial charge >= 0.3 is 0 Å². The number of carbonyl (C=O) groups is 1. The van der Waals surface area contributed by atoms with Crippen LogP contribution in [0, 0.1) is 6.92 Å². The minimum absolute atomic E-state index is 0.111. The van der Waals surface area contributed by atoms with Crippen LogP contribution in [0.25, 0.3) is 17.3 Å². The molecular weight excluding hydrogens is 412 g/mol. The van der Waals surface area contributed by atoms with Crippen LogP contribution in [-0.4, -0.2) is 33.0 Å². The van der Waals surface area contributed by atoms with E-state index in [1.54, 1.807) is 12.3 Å². The molecule has 7 nitrogen and oxygen atoms in total. The van der Waals surface area contributed by atoms with E-state index in [2.05, 4.69) is 15.5 Å². The highest BCUT2D eigenvalue weighted by Gasteiger charge is 2.19. The van der Waals surface area contributed by atoms with Gasteiger partial charge in [0, 0.05) is 5.69 Å². The van der Waals surface area contributed by atoms with Gasteiger partial charge in [0.2, 0.25) is 11.7 Å². The van der Waals surface area contributed by atoms with Crippen molar-refractivity contribution in [1.29, 1.82) is 0 Å². The molecule has 2 heterocycles. The van der Waals surface area contributed by atoms with Crippen molar-refractivity contribution < 1.29 is 13.9 Å². The van der Waals surface area contributed by atoms with E-state index in [9.17, 15) is 4.79 Å². The second-order valence-electron chi connectivity index (χ2n) is 6.70. The van der Waals surface area contributed by atoms with E-state index in [0.717, 1.165) is 22.7 Å². The van der Waals surface area contributed by atoms with Crippen LogP contribution in [-0.2, 0) is 4.79 Å². The largest absolute Gasteiger partial charge is 0.494 e. The molecule has 0 radical (unpaired) electrons. The molecule has 0 aliphatic rings. The minimum Gasteiger partial charge on any atom is -0.494 e. The molecule has 0 spiro atoms.